The van der Waals surface area contributed by atoms with Gasteiger partial charge in [-0.05, 0) is 30.3 Å². The fourth-order valence-electron chi connectivity index (χ4n) is 1.42. The van der Waals surface area contributed by atoms with E-state index in [0.717, 1.165) is 4.88 Å². The summed E-state index contributed by atoms with van der Waals surface area (Å²) in [5, 5.41) is 12.8. The second-order valence-corrected chi connectivity index (χ2v) is 5.30. The van der Waals surface area contributed by atoms with Crippen molar-refractivity contribution >= 4 is 28.6 Å². The molecule has 0 aliphatic rings. The van der Waals surface area contributed by atoms with Crippen molar-refractivity contribution in [3.63, 3.8) is 0 Å². The van der Waals surface area contributed by atoms with Gasteiger partial charge in [-0.1, -0.05) is 17.7 Å². The van der Waals surface area contributed by atoms with Gasteiger partial charge in [0.15, 0.2) is 0 Å². The molecule has 0 amide bonds. The van der Waals surface area contributed by atoms with Gasteiger partial charge in [-0.25, -0.2) is 4.39 Å². The SMILES string of the molecule is OC(CNc1cccc(F)c1)c1ccc(Cl)s1. The van der Waals surface area contributed by atoms with Crippen LogP contribution in [0, 0.1) is 5.82 Å². The Labute approximate surface area is 108 Å². The predicted molar refractivity (Wildman–Crippen MR) is 69.2 cm³/mol. The minimum Gasteiger partial charge on any atom is -0.386 e. The van der Waals surface area contributed by atoms with E-state index in [-0.39, 0.29) is 5.82 Å². The number of halogens is 2. The Hall–Kier alpha value is -1.10. The van der Waals surface area contributed by atoms with Gasteiger partial charge >= 0.3 is 0 Å². The Balaban J connectivity index is 1.94. The molecule has 0 bridgehead atoms. The number of nitrogens with one attached hydrogen (secondary N) is 1. The standard InChI is InChI=1S/C12H11ClFNOS/c13-12-5-4-11(17-12)10(16)7-15-9-3-1-2-8(14)6-9/h1-6,10,15-16H,7H2. The van der Waals surface area contributed by atoms with E-state index in [0.29, 0.717) is 16.6 Å². The third kappa shape index (κ3) is 3.43. The molecule has 0 saturated heterocycles. The third-order valence-electron chi connectivity index (χ3n) is 2.25. The number of hydrogen-bond donors (Lipinski definition) is 2. The summed E-state index contributed by atoms with van der Waals surface area (Å²) in [7, 11) is 0. The molecule has 2 N–H and O–H groups in total. The number of hydrogen-bond acceptors (Lipinski definition) is 3. The van der Waals surface area contributed by atoms with Crippen molar-refractivity contribution in [2.75, 3.05) is 11.9 Å². The zero-order valence-electron chi connectivity index (χ0n) is 8.86. The van der Waals surface area contributed by atoms with Crippen LogP contribution in [-0.4, -0.2) is 11.7 Å². The Morgan fingerprint density at radius 3 is 2.82 bits per heavy atom. The van der Waals surface area contributed by atoms with Crippen LogP contribution < -0.4 is 5.32 Å². The number of aliphatic hydroxyl groups excluding tert-OH is 1. The first-order valence-corrected chi connectivity index (χ1v) is 6.27. The molecular formula is C12H11ClFNOS. The van der Waals surface area contributed by atoms with Crippen molar-refractivity contribution in [1.29, 1.82) is 0 Å². The van der Waals surface area contributed by atoms with E-state index in [2.05, 4.69) is 5.32 Å². The van der Waals surface area contributed by atoms with Crippen molar-refractivity contribution in [3.05, 3.63) is 51.4 Å². The zero-order valence-corrected chi connectivity index (χ0v) is 10.4. The summed E-state index contributed by atoms with van der Waals surface area (Å²) in [5.41, 5.74) is 0.645. The Bertz CT molecular complexity index is 503. The molecule has 0 aliphatic carbocycles. The van der Waals surface area contributed by atoms with Crippen LogP contribution in [0.15, 0.2) is 36.4 Å². The summed E-state index contributed by atoms with van der Waals surface area (Å²) in [6.07, 6.45) is -0.643. The molecule has 1 aromatic carbocycles. The fourth-order valence-corrected chi connectivity index (χ4v) is 2.47. The molecule has 0 spiro atoms. The van der Waals surface area contributed by atoms with E-state index < -0.39 is 6.10 Å². The first-order chi connectivity index (χ1) is 8.15. The highest BCUT2D eigenvalue weighted by Gasteiger charge is 2.09. The van der Waals surface area contributed by atoms with Gasteiger partial charge in [0.2, 0.25) is 0 Å². The van der Waals surface area contributed by atoms with E-state index in [4.69, 9.17) is 11.6 Å². The molecule has 1 heterocycles. The number of benzene rings is 1. The van der Waals surface area contributed by atoms with Crippen LogP contribution in [0.3, 0.4) is 0 Å². The zero-order chi connectivity index (χ0) is 12.3. The molecule has 90 valence electrons. The molecule has 5 heteroatoms. The van der Waals surface area contributed by atoms with Crippen LogP contribution in [0.5, 0.6) is 0 Å². The number of anilines is 1. The van der Waals surface area contributed by atoms with Crippen LogP contribution >= 0.6 is 22.9 Å². The molecule has 1 aromatic heterocycles. The van der Waals surface area contributed by atoms with Gasteiger partial charge in [0, 0.05) is 17.1 Å². The van der Waals surface area contributed by atoms with Crippen LogP contribution in [0.1, 0.15) is 11.0 Å². The summed E-state index contributed by atoms with van der Waals surface area (Å²) in [4.78, 5) is 0.791. The van der Waals surface area contributed by atoms with Crippen molar-refractivity contribution in [2.24, 2.45) is 0 Å². The molecule has 1 atom stereocenters. The third-order valence-corrected chi connectivity index (χ3v) is 3.58. The highest BCUT2D eigenvalue weighted by atomic mass is 35.5. The average Bonchev–Trinajstić information content (AvgIpc) is 2.73. The highest BCUT2D eigenvalue weighted by molar-refractivity contribution is 7.16. The van der Waals surface area contributed by atoms with Gasteiger partial charge in [0.25, 0.3) is 0 Å². The lowest BCUT2D eigenvalue weighted by Crippen LogP contribution is -2.10. The Morgan fingerprint density at radius 2 is 2.18 bits per heavy atom. The monoisotopic (exact) mass is 271 g/mol. The van der Waals surface area contributed by atoms with Crippen LogP contribution in [0.4, 0.5) is 10.1 Å². The summed E-state index contributed by atoms with van der Waals surface area (Å²) in [6.45, 7) is 0.320. The van der Waals surface area contributed by atoms with Crippen LogP contribution in [0.25, 0.3) is 0 Å². The molecule has 1 unspecified atom stereocenters. The van der Waals surface area contributed by atoms with Gasteiger partial charge in [0.05, 0.1) is 4.34 Å². The number of rotatable bonds is 4. The Morgan fingerprint density at radius 1 is 1.35 bits per heavy atom. The molecule has 2 nitrogen and oxygen atoms in total. The quantitative estimate of drug-likeness (QED) is 0.889. The van der Waals surface area contributed by atoms with Gasteiger partial charge in [-0.3, -0.25) is 0 Å². The van der Waals surface area contributed by atoms with Crippen LogP contribution in [0.2, 0.25) is 4.34 Å². The summed E-state index contributed by atoms with van der Waals surface area (Å²) in [5.74, 6) is -0.302. The van der Waals surface area contributed by atoms with E-state index in [1.54, 1.807) is 24.3 Å². The van der Waals surface area contributed by atoms with E-state index in [9.17, 15) is 9.50 Å². The smallest absolute Gasteiger partial charge is 0.125 e. The lowest BCUT2D eigenvalue weighted by Gasteiger charge is -2.11. The maximum absolute atomic E-state index is 12.9. The maximum Gasteiger partial charge on any atom is 0.125 e. The van der Waals surface area contributed by atoms with E-state index in [1.165, 1.54) is 23.5 Å². The van der Waals surface area contributed by atoms with Gasteiger partial charge in [0.1, 0.15) is 11.9 Å². The van der Waals surface area contributed by atoms with Crippen molar-refractivity contribution in [2.45, 2.75) is 6.10 Å². The first-order valence-electron chi connectivity index (χ1n) is 5.08. The minimum absolute atomic E-state index is 0.302. The molecule has 0 radical (unpaired) electrons. The molecule has 0 fully saturated rings. The minimum atomic E-state index is -0.643. The van der Waals surface area contributed by atoms with E-state index >= 15 is 0 Å². The highest BCUT2D eigenvalue weighted by Crippen LogP contribution is 2.27. The second kappa shape index (κ2) is 5.49. The van der Waals surface area contributed by atoms with Crippen molar-refractivity contribution in [3.8, 4) is 0 Å². The lowest BCUT2D eigenvalue weighted by molar-refractivity contribution is 0.195. The normalized spacial score (nSPS) is 12.4. The fraction of sp³-hybridized carbons (Fsp3) is 0.167. The van der Waals surface area contributed by atoms with Gasteiger partial charge < -0.3 is 10.4 Å². The summed E-state index contributed by atoms with van der Waals surface area (Å²) in [6, 6.07) is 9.65. The lowest BCUT2D eigenvalue weighted by atomic mass is 10.2. The van der Waals surface area contributed by atoms with Gasteiger partial charge in [-0.15, -0.1) is 11.3 Å². The van der Waals surface area contributed by atoms with Crippen molar-refractivity contribution in [1.82, 2.24) is 0 Å². The molecule has 2 rings (SSSR count). The molecule has 2 aromatic rings. The summed E-state index contributed by atoms with van der Waals surface area (Å²) >= 11 is 7.12. The molecule has 17 heavy (non-hydrogen) atoms. The van der Waals surface area contributed by atoms with Gasteiger partial charge in [-0.2, -0.15) is 0 Å². The van der Waals surface area contributed by atoms with Crippen molar-refractivity contribution < 1.29 is 9.50 Å². The predicted octanol–water partition coefficient (Wildman–Crippen LogP) is 3.69. The maximum atomic E-state index is 12.9. The Kier molecular flexibility index (Phi) is 3.99. The topological polar surface area (TPSA) is 32.3 Å². The average molecular weight is 272 g/mol. The second-order valence-electron chi connectivity index (χ2n) is 3.55. The summed E-state index contributed by atoms with van der Waals surface area (Å²) < 4.78 is 13.5. The largest absolute Gasteiger partial charge is 0.386 e. The molecule has 0 saturated carbocycles. The number of thiophene rings is 1. The molecule has 0 aliphatic heterocycles. The first kappa shape index (κ1) is 12.4. The van der Waals surface area contributed by atoms with E-state index in [1.807, 2.05) is 0 Å². The number of aliphatic hydroxyl groups is 1. The van der Waals surface area contributed by atoms with Crippen LogP contribution in [-0.2, 0) is 0 Å². The molecular weight excluding hydrogens is 261 g/mol.